The SMILES string of the molecule is Cn1nccc1C(CN)C(F)F. The molecule has 3 nitrogen and oxygen atoms in total. The number of aromatic nitrogens is 2. The summed E-state index contributed by atoms with van der Waals surface area (Å²) in [4.78, 5) is 0. The van der Waals surface area contributed by atoms with Gasteiger partial charge in [0, 0.05) is 25.5 Å². The number of hydrogen-bond donors (Lipinski definition) is 1. The van der Waals surface area contributed by atoms with Gasteiger partial charge in [-0.25, -0.2) is 8.78 Å². The molecule has 1 heterocycles. The molecule has 1 rings (SSSR count). The zero-order valence-electron chi connectivity index (χ0n) is 6.74. The Balaban J connectivity index is 2.87. The summed E-state index contributed by atoms with van der Waals surface area (Å²) in [5.41, 5.74) is 5.69. The second-order valence-corrected chi connectivity index (χ2v) is 2.56. The van der Waals surface area contributed by atoms with Crippen molar-refractivity contribution in [2.75, 3.05) is 6.54 Å². The first-order chi connectivity index (χ1) is 5.66. The van der Waals surface area contributed by atoms with Crippen LogP contribution in [0.15, 0.2) is 12.3 Å². The Kier molecular flexibility index (Phi) is 2.75. The van der Waals surface area contributed by atoms with Crippen LogP contribution in [0.1, 0.15) is 11.6 Å². The van der Waals surface area contributed by atoms with E-state index in [4.69, 9.17) is 5.73 Å². The van der Waals surface area contributed by atoms with E-state index < -0.39 is 12.3 Å². The molecule has 12 heavy (non-hydrogen) atoms. The van der Waals surface area contributed by atoms with Gasteiger partial charge in [0.15, 0.2) is 0 Å². The Hall–Kier alpha value is -0.970. The van der Waals surface area contributed by atoms with Crippen LogP contribution < -0.4 is 5.73 Å². The zero-order chi connectivity index (χ0) is 9.14. The molecule has 0 aliphatic carbocycles. The van der Waals surface area contributed by atoms with Crippen LogP contribution in [-0.4, -0.2) is 22.8 Å². The molecule has 0 spiro atoms. The van der Waals surface area contributed by atoms with E-state index >= 15 is 0 Å². The van der Waals surface area contributed by atoms with Gasteiger partial charge in [0.1, 0.15) is 0 Å². The van der Waals surface area contributed by atoms with Crippen molar-refractivity contribution < 1.29 is 8.78 Å². The van der Waals surface area contributed by atoms with E-state index in [1.807, 2.05) is 0 Å². The van der Waals surface area contributed by atoms with Gasteiger partial charge in [0.25, 0.3) is 0 Å². The van der Waals surface area contributed by atoms with Gasteiger partial charge >= 0.3 is 0 Å². The number of nitrogens with two attached hydrogens (primary N) is 1. The first-order valence-corrected chi connectivity index (χ1v) is 3.63. The molecule has 0 saturated carbocycles. The van der Waals surface area contributed by atoms with Crippen LogP contribution >= 0.6 is 0 Å². The van der Waals surface area contributed by atoms with Gasteiger partial charge in [-0.15, -0.1) is 0 Å². The molecule has 0 saturated heterocycles. The van der Waals surface area contributed by atoms with Crippen molar-refractivity contribution in [2.45, 2.75) is 12.3 Å². The molecule has 1 unspecified atom stereocenters. The third-order valence-corrected chi connectivity index (χ3v) is 1.80. The van der Waals surface area contributed by atoms with Crippen LogP contribution in [0, 0.1) is 0 Å². The van der Waals surface area contributed by atoms with E-state index in [0.717, 1.165) is 0 Å². The van der Waals surface area contributed by atoms with Gasteiger partial charge in [0.05, 0.1) is 5.92 Å². The Morgan fingerprint density at radius 3 is 2.67 bits per heavy atom. The summed E-state index contributed by atoms with van der Waals surface area (Å²) in [6.07, 6.45) is -0.939. The minimum Gasteiger partial charge on any atom is -0.330 e. The molecule has 0 aliphatic heterocycles. The summed E-state index contributed by atoms with van der Waals surface area (Å²) in [6.45, 7) is -0.0583. The maximum absolute atomic E-state index is 12.3. The predicted molar refractivity (Wildman–Crippen MR) is 41.0 cm³/mol. The van der Waals surface area contributed by atoms with E-state index in [2.05, 4.69) is 5.10 Å². The first kappa shape index (κ1) is 9.12. The van der Waals surface area contributed by atoms with Gasteiger partial charge in [-0.2, -0.15) is 5.10 Å². The third kappa shape index (κ3) is 1.61. The number of alkyl halides is 2. The quantitative estimate of drug-likeness (QED) is 0.735. The highest BCUT2D eigenvalue weighted by Crippen LogP contribution is 2.20. The van der Waals surface area contributed by atoms with Crippen LogP contribution in [0.5, 0.6) is 0 Å². The average molecular weight is 175 g/mol. The van der Waals surface area contributed by atoms with Crippen LogP contribution in [0.4, 0.5) is 8.78 Å². The standard InChI is InChI=1S/C7H11F2N3/c1-12-6(2-3-11-12)5(4-10)7(8)9/h2-3,5,7H,4,10H2,1H3. The van der Waals surface area contributed by atoms with Crippen molar-refractivity contribution >= 4 is 0 Å². The fraction of sp³-hybridized carbons (Fsp3) is 0.571. The molecule has 2 N–H and O–H groups in total. The van der Waals surface area contributed by atoms with Crippen molar-refractivity contribution in [1.82, 2.24) is 9.78 Å². The molecule has 1 aromatic heterocycles. The number of halogens is 2. The number of rotatable bonds is 3. The monoisotopic (exact) mass is 175 g/mol. The second-order valence-electron chi connectivity index (χ2n) is 2.56. The fourth-order valence-corrected chi connectivity index (χ4v) is 1.10. The van der Waals surface area contributed by atoms with E-state index in [0.29, 0.717) is 5.69 Å². The van der Waals surface area contributed by atoms with Crippen LogP contribution in [-0.2, 0) is 7.05 Å². The lowest BCUT2D eigenvalue weighted by molar-refractivity contribution is 0.113. The Morgan fingerprint density at radius 2 is 2.33 bits per heavy atom. The second kappa shape index (κ2) is 3.62. The highest BCUT2D eigenvalue weighted by molar-refractivity contribution is 5.08. The van der Waals surface area contributed by atoms with E-state index in [1.165, 1.54) is 10.9 Å². The topological polar surface area (TPSA) is 43.8 Å². The summed E-state index contributed by atoms with van der Waals surface area (Å²) >= 11 is 0. The van der Waals surface area contributed by atoms with E-state index in [9.17, 15) is 8.78 Å². The number of hydrogen-bond acceptors (Lipinski definition) is 2. The Labute approximate surface area is 69.2 Å². The summed E-state index contributed by atoms with van der Waals surface area (Å²) in [5, 5.41) is 3.80. The Bertz CT molecular complexity index is 247. The molecular weight excluding hydrogens is 164 g/mol. The molecule has 5 heteroatoms. The summed E-state index contributed by atoms with van der Waals surface area (Å²) in [6, 6.07) is 1.56. The van der Waals surface area contributed by atoms with Gasteiger partial charge in [0.2, 0.25) is 6.43 Å². The molecule has 1 aromatic rings. The lowest BCUT2D eigenvalue weighted by Gasteiger charge is -2.13. The fourth-order valence-electron chi connectivity index (χ4n) is 1.10. The molecule has 0 amide bonds. The molecule has 0 fully saturated rings. The van der Waals surface area contributed by atoms with E-state index in [-0.39, 0.29) is 6.54 Å². The summed E-state index contributed by atoms with van der Waals surface area (Å²) < 4.78 is 26.1. The van der Waals surface area contributed by atoms with Crippen molar-refractivity contribution in [1.29, 1.82) is 0 Å². The molecule has 68 valence electrons. The van der Waals surface area contributed by atoms with Crippen molar-refractivity contribution in [3.8, 4) is 0 Å². The van der Waals surface area contributed by atoms with Gasteiger partial charge in [-0.1, -0.05) is 0 Å². The van der Waals surface area contributed by atoms with Crippen LogP contribution in [0.3, 0.4) is 0 Å². The van der Waals surface area contributed by atoms with Crippen LogP contribution in [0.2, 0.25) is 0 Å². The molecule has 0 aromatic carbocycles. The van der Waals surface area contributed by atoms with Gasteiger partial charge < -0.3 is 5.73 Å². The average Bonchev–Trinajstić information content (AvgIpc) is 2.38. The first-order valence-electron chi connectivity index (χ1n) is 3.63. The van der Waals surface area contributed by atoms with Crippen molar-refractivity contribution in [2.24, 2.45) is 12.8 Å². The summed E-state index contributed by atoms with van der Waals surface area (Å²) in [5.74, 6) is -0.905. The molecule has 0 aliphatic rings. The molecule has 1 atom stereocenters. The highest BCUT2D eigenvalue weighted by Gasteiger charge is 2.23. The zero-order valence-corrected chi connectivity index (χ0v) is 6.74. The maximum Gasteiger partial charge on any atom is 0.248 e. The van der Waals surface area contributed by atoms with Gasteiger partial charge in [-0.05, 0) is 6.07 Å². The number of nitrogens with zero attached hydrogens (tertiary/aromatic N) is 2. The minimum atomic E-state index is -2.43. The van der Waals surface area contributed by atoms with Crippen molar-refractivity contribution in [3.05, 3.63) is 18.0 Å². The molecule has 0 bridgehead atoms. The smallest absolute Gasteiger partial charge is 0.248 e. The van der Waals surface area contributed by atoms with Crippen molar-refractivity contribution in [3.63, 3.8) is 0 Å². The van der Waals surface area contributed by atoms with Gasteiger partial charge in [-0.3, -0.25) is 4.68 Å². The number of aryl methyl sites for hydroxylation is 1. The maximum atomic E-state index is 12.3. The normalized spacial score (nSPS) is 13.8. The lowest BCUT2D eigenvalue weighted by atomic mass is 10.1. The third-order valence-electron chi connectivity index (χ3n) is 1.80. The molecular formula is C7H11F2N3. The predicted octanol–water partition coefficient (Wildman–Crippen LogP) is 0.728. The largest absolute Gasteiger partial charge is 0.330 e. The van der Waals surface area contributed by atoms with Crippen LogP contribution in [0.25, 0.3) is 0 Å². The lowest BCUT2D eigenvalue weighted by Crippen LogP contribution is -2.22. The minimum absolute atomic E-state index is 0.0583. The Morgan fingerprint density at radius 1 is 1.67 bits per heavy atom. The van der Waals surface area contributed by atoms with E-state index in [1.54, 1.807) is 13.1 Å². The highest BCUT2D eigenvalue weighted by atomic mass is 19.3. The summed E-state index contributed by atoms with van der Waals surface area (Å²) in [7, 11) is 1.63. The molecule has 0 radical (unpaired) electrons.